The number of ketones is 1. The highest BCUT2D eigenvalue weighted by Gasteiger charge is 2.64. The first-order chi connectivity index (χ1) is 17.6. The molecule has 4 aliphatic carbocycles. The Labute approximate surface area is 224 Å². The average molecular weight is 508 g/mol. The molecule has 5 rings (SSSR count). The van der Waals surface area contributed by atoms with Gasteiger partial charge in [0.05, 0.1) is 12.2 Å². The molecule has 0 aliphatic heterocycles. The van der Waals surface area contributed by atoms with Crippen LogP contribution in [-0.2, 0) is 4.79 Å². The lowest BCUT2D eigenvalue weighted by Gasteiger charge is -2.59. The molecule has 0 saturated heterocycles. The Hall–Kier alpha value is -1.65. The first kappa shape index (κ1) is 26.9. The third-order valence-electron chi connectivity index (χ3n) is 11.2. The molecule has 0 bridgehead atoms. The van der Waals surface area contributed by atoms with Gasteiger partial charge in [-0.1, -0.05) is 45.4 Å². The van der Waals surface area contributed by atoms with Crippen molar-refractivity contribution in [3.05, 3.63) is 41.5 Å². The molecule has 2 N–H and O–H groups in total. The molecule has 37 heavy (non-hydrogen) atoms. The maximum Gasteiger partial charge on any atom is 0.155 e. The van der Waals surface area contributed by atoms with Gasteiger partial charge in [0.1, 0.15) is 5.75 Å². The molecule has 1 aromatic carbocycles. The van der Waals surface area contributed by atoms with Gasteiger partial charge in [0, 0.05) is 23.9 Å². The lowest BCUT2D eigenvalue weighted by molar-refractivity contribution is -0.137. The third kappa shape index (κ3) is 4.71. The topological polar surface area (TPSA) is 58.6 Å². The van der Waals surface area contributed by atoms with Crippen molar-refractivity contribution in [2.45, 2.75) is 117 Å². The Morgan fingerprint density at radius 1 is 1.08 bits per heavy atom. The molecule has 0 heterocycles. The summed E-state index contributed by atoms with van der Waals surface area (Å²) in [5.74, 6) is 3.10. The summed E-state index contributed by atoms with van der Waals surface area (Å²) in [6.45, 7) is 11.8. The number of ether oxygens (including phenoxy) is 1. The number of aliphatic hydroxyl groups is 1. The second-order valence-electron chi connectivity index (χ2n) is 13.4. The summed E-state index contributed by atoms with van der Waals surface area (Å²) >= 11 is 0. The molecule has 3 fully saturated rings. The second-order valence-corrected chi connectivity index (χ2v) is 13.4. The summed E-state index contributed by atoms with van der Waals surface area (Å²) in [6.07, 6.45) is 12.2. The maximum atomic E-state index is 12.2. The van der Waals surface area contributed by atoms with Crippen LogP contribution >= 0.6 is 0 Å². The predicted molar refractivity (Wildman–Crippen MR) is 150 cm³/mol. The Morgan fingerprint density at radius 2 is 1.86 bits per heavy atom. The van der Waals surface area contributed by atoms with Crippen LogP contribution in [0.4, 0.5) is 0 Å². The van der Waals surface area contributed by atoms with Gasteiger partial charge >= 0.3 is 0 Å². The van der Waals surface area contributed by atoms with Gasteiger partial charge in [0.25, 0.3) is 0 Å². The first-order valence-corrected chi connectivity index (χ1v) is 15.0. The van der Waals surface area contributed by atoms with Crippen molar-refractivity contribution in [1.29, 1.82) is 0 Å². The summed E-state index contributed by atoms with van der Waals surface area (Å²) in [4.78, 5) is 12.2. The number of fused-ring (bicyclic) bond motifs is 5. The molecule has 0 spiro atoms. The van der Waals surface area contributed by atoms with Gasteiger partial charge in [-0.3, -0.25) is 4.79 Å². The molecule has 3 saturated carbocycles. The Morgan fingerprint density at radius 3 is 2.62 bits per heavy atom. The van der Waals surface area contributed by atoms with E-state index >= 15 is 0 Å². The molecule has 0 aromatic heterocycles. The Balaban J connectivity index is 1.31. The van der Waals surface area contributed by atoms with Crippen molar-refractivity contribution in [1.82, 2.24) is 5.32 Å². The average Bonchev–Trinajstić information content (AvgIpc) is 3.13. The molecule has 0 amide bonds. The highest BCUT2D eigenvalue weighted by molar-refractivity contribution is 5.91. The summed E-state index contributed by atoms with van der Waals surface area (Å²) in [5, 5.41) is 15.4. The van der Waals surface area contributed by atoms with Crippen molar-refractivity contribution in [2.75, 3.05) is 6.61 Å². The molecule has 1 aromatic rings. The fraction of sp³-hybridized carbons (Fsp3) is 0.727. The van der Waals surface area contributed by atoms with Crippen LogP contribution in [0.15, 0.2) is 35.9 Å². The van der Waals surface area contributed by atoms with E-state index in [-0.39, 0.29) is 10.8 Å². The third-order valence-corrected chi connectivity index (χ3v) is 11.2. The van der Waals surface area contributed by atoms with Crippen LogP contribution in [0.5, 0.6) is 5.75 Å². The molecule has 4 aliphatic rings. The van der Waals surface area contributed by atoms with E-state index < -0.39 is 5.60 Å². The van der Waals surface area contributed by atoms with E-state index in [9.17, 15) is 9.90 Å². The van der Waals surface area contributed by atoms with Crippen LogP contribution in [0.25, 0.3) is 0 Å². The van der Waals surface area contributed by atoms with Crippen molar-refractivity contribution in [3.63, 3.8) is 0 Å². The Bertz CT molecular complexity index is 1030. The molecule has 4 heteroatoms. The van der Waals surface area contributed by atoms with Crippen molar-refractivity contribution in [3.8, 4) is 5.75 Å². The van der Waals surface area contributed by atoms with Crippen molar-refractivity contribution < 1.29 is 14.6 Å². The van der Waals surface area contributed by atoms with Crippen LogP contribution in [0.1, 0.15) is 110 Å². The zero-order valence-electron chi connectivity index (χ0n) is 23.8. The summed E-state index contributed by atoms with van der Waals surface area (Å²) in [7, 11) is 0. The van der Waals surface area contributed by atoms with Gasteiger partial charge < -0.3 is 15.2 Å². The minimum absolute atomic E-state index is 0.0704. The molecule has 204 valence electrons. The highest BCUT2D eigenvalue weighted by atomic mass is 16.5. The summed E-state index contributed by atoms with van der Waals surface area (Å²) in [5.41, 5.74) is 2.17. The van der Waals surface area contributed by atoms with E-state index in [1.54, 1.807) is 0 Å². The van der Waals surface area contributed by atoms with Gasteiger partial charge in [0.2, 0.25) is 0 Å². The van der Waals surface area contributed by atoms with Gasteiger partial charge in [-0.25, -0.2) is 0 Å². The monoisotopic (exact) mass is 507 g/mol. The summed E-state index contributed by atoms with van der Waals surface area (Å²) in [6, 6.07) is 9.34. The maximum absolute atomic E-state index is 12.2. The fourth-order valence-corrected chi connectivity index (χ4v) is 9.22. The molecule has 7 atom stereocenters. The number of nitrogens with one attached hydrogen (secondary N) is 1. The highest BCUT2D eigenvalue weighted by Crippen LogP contribution is 2.68. The SMILES string of the molecule is CCC(NC(C)C)c1cccc(OCC[C@]23CCC4C(CCC5=CC(=O)CC[C@@]54C)C2CCC3(C)O)c1. The number of carbonyl (C=O) groups is 1. The van der Waals surface area contributed by atoms with Crippen molar-refractivity contribution >= 4 is 5.78 Å². The standard InChI is InChI=1S/C33H49NO3/c1-6-30(34-22(2)3)23-8-7-9-26(20-23)37-19-18-33-17-14-28-27(29(33)13-16-32(33,5)36)11-10-24-21-25(35)12-15-31(24,28)4/h7-9,20-22,27-30,34,36H,6,10-19H2,1-5H3/t27?,28?,29?,30?,31-,32?,33+/m0/s1. The number of benzene rings is 1. The number of hydrogen-bond donors (Lipinski definition) is 2. The number of carbonyl (C=O) groups excluding carboxylic acids is 1. The van der Waals surface area contributed by atoms with E-state index in [0.29, 0.717) is 48.6 Å². The van der Waals surface area contributed by atoms with Crippen LogP contribution in [0.2, 0.25) is 0 Å². The van der Waals surface area contributed by atoms with Gasteiger partial charge in [-0.05, 0) is 112 Å². The van der Waals surface area contributed by atoms with E-state index in [0.717, 1.165) is 57.1 Å². The van der Waals surface area contributed by atoms with E-state index in [4.69, 9.17) is 4.74 Å². The van der Waals surface area contributed by atoms with Gasteiger partial charge in [-0.2, -0.15) is 0 Å². The second kappa shape index (κ2) is 10.2. The summed E-state index contributed by atoms with van der Waals surface area (Å²) < 4.78 is 6.41. The molecule has 5 unspecified atom stereocenters. The van der Waals surface area contributed by atoms with E-state index in [1.807, 2.05) is 6.08 Å². The zero-order valence-corrected chi connectivity index (χ0v) is 23.8. The largest absolute Gasteiger partial charge is 0.494 e. The first-order valence-electron chi connectivity index (χ1n) is 15.0. The predicted octanol–water partition coefficient (Wildman–Crippen LogP) is 7.17. The van der Waals surface area contributed by atoms with Crippen LogP contribution in [0.3, 0.4) is 0 Å². The van der Waals surface area contributed by atoms with Crippen LogP contribution in [0, 0.1) is 28.6 Å². The van der Waals surface area contributed by atoms with Crippen molar-refractivity contribution in [2.24, 2.45) is 28.6 Å². The number of allylic oxidation sites excluding steroid dienone is 1. The minimum atomic E-state index is -0.637. The number of hydrogen-bond acceptors (Lipinski definition) is 4. The van der Waals surface area contributed by atoms with Gasteiger partial charge in [0.15, 0.2) is 5.78 Å². The molecular formula is C33H49NO3. The van der Waals surface area contributed by atoms with Gasteiger partial charge in [-0.15, -0.1) is 0 Å². The Kier molecular flexibility index (Phi) is 7.39. The minimum Gasteiger partial charge on any atom is -0.494 e. The normalized spacial score (nSPS) is 38.0. The smallest absolute Gasteiger partial charge is 0.155 e. The van der Waals surface area contributed by atoms with E-state index in [2.05, 4.69) is 64.2 Å². The van der Waals surface area contributed by atoms with Crippen LogP contribution < -0.4 is 10.1 Å². The molecule has 4 nitrogen and oxygen atoms in total. The zero-order chi connectivity index (χ0) is 26.4. The number of rotatable bonds is 8. The lowest BCUT2D eigenvalue weighted by Crippen LogP contribution is -2.55. The molecule has 0 radical (unpaired) electrons. The molecular weight excluding hydrogens is 458 g/mol. The fourth-order valence-electron chi connectivity index (χ4n) is 9.22. The quantitative estimate of drug-likeness (QED) is 0.392. The lowest BCUT2D eigenvalue weighted by atomic mass is 9.45. The van der Waals surface area contributed by atoms with Crippen LogP contribution in [-0.4, -0.2) is 29.1 Å². The van der Waals surface area contributed by atoms with E-state index in [1.165, 1.54) is 17.6 Å².